The highest BCUT2D eigenvalue weighted by atomic mass is 16.5. The van der Waals surface area contributed by atoms with E-state index in [0.717, 1.165) is 34.6 Å². The molecule has 0 aliphatic rings. The fourth-order valence-corrected chi connectivity index (χ4v) is 3.75. The lowest BCUT2D eigenvalue weighted by atomic mass is 10.00. The minimum Gasteiger partial charge on any atom is -0.462 e. The van der Waals surface area contributed by atoms with Crippen LogP contribution in [0.1, 0.15) is 35.7 Å². The highest BCUT2D eigenvalue weighted by Gasteiger charge is 2.20. The summed E-state index contributed by atoms with van der Waals surface area (Å²) in [6.07, 6.45) is 1.89. The van der Waals surface area contributed by atoms with E-state index in [9.17, 15) is 4.79 Å². The van der Waals surface area contributed by atoms with E-state index in [4.69, 9.17) is 4.74 Å². The number of nitrogens with zero attached hydrogens (tertiary/aromatic N) is 1. The van der Waals surface area contributed by atoms with Crippen LogP contribution in [0.25, 0.3) is 32.6 Å². The van der Waals surface area contributed by atoms with Gasteiger partial charge in [0.15, 0.2) is 0 Å². The largest absolute Gasteiger partial charge is 0.462 e. The SMILES string of the molecule is CCCCOC(=O)c1cc2ccccc2c2c3ccc(C)cc3n(C)c12. The van der Waals surface area contributed by atoms with Gasteiger partial charge in [0, 0.05) is 23.3 Å². The van der Waals surface area contributed by atoms with Crippen molar-refractivity contribution in [1.29, 1.82) is 0 Å². The minimum atomic E-state index is -0.239. The van der Waals surface area contributed by atoms with Gasteiger partial charge < -0.3 is 9.30 Å². The van der Waals surface area contributed by atoms with Gasteiger partial charge in [0.05, 0.1) is 17.7 Å². The number of unbranched alkanes of at least 4 members (excludes halogenated alkanes) is 1. The van der Waals surface area contributed by atoms with E-state index < -0.39 is 0 Å². The van der Waals surface area contributed by atoms with Crippen LogP contribution in [0.4, 0.5) is 0 Å². The molecule has 4 rings (SSSR count). The summed E-state index contributed by atoms with van der Waals surface area (Å²) in [6, 6.07) is 16.7. The van der Waals surface area contributed by atoms with Crippen molar-refractivity contribution in [2.24, 2.45) is 7.05 Å². The Kier molecular flexibility index (Phi) is 4.15. The van der Waals surface area contributed by atoms with Crippen LogP contribution in [0.3, 0.4) is 0 Å². The Hall–Kier alpha value is -2.81. The van der Waals surface area contributed by atoms with E-state index in [1.807, 2.05) is 25.2 Å². The topological polar surface area (TPSA) is 31.2 Å². The lowest BCUT2D eigenvalue weighted by molar-refractivity contribution is 0.0502. The molecule has 0 aliphatic heterocycles. The van der Waals surface area contributed by atoms with Crippen molar-refractivity contribution in [2.75, 3.05) is 6.61 Å². The monoisotopic (exact) mass is 345 g/mol. The molecule has 3 nitrogen and oxygen atoms in total. The molecule has 0 spiro atoms. The Bertz CT molecular complexity index is 1140. The zero-order valence-electron chi connectivity index (χ0n) is 15.5. The Morgan fingerprint density at radius 3 is 2.69 bits per heavy atom. The van der Waals surface area contributed by atoms with Crippen molar-refractivity contribution in [3.8, 4) is 0 Å². The van der Waals surface area contributed by atoms with Gasteiger partial charge in [0.25, 0.3) is 0 Å². The van der Waals surface area contributed by atoms with Crippen LogP contribution in [0.15, 0.2) is 48.5 Å². The Labute approximate surface area is 153 Å². The first-order chi connectivity index (χ1) is 12.6. The number of carbonyl (C=O) groups excluding carboxylic acids is 1. The number of rotatable bonds is 4. The molecule has 0 unspecified atom stereocenters. The molecule has 0 saturated carbocycles. The number of fused-ring (bicyclic) bond motifs is 5. The molecule has 0 radical (unpaired) electrons. The summed E-state index contributed by atoms with van der Waals surface area (Å²) in [4.78, 5) is 12.8. The lowest BCUT2D eigenvalue weighted by Crippen LogP contribution is -2.08. The molecule has 0 aliphatic carbocycles. The van der Waals surface area contributed by atoms with Crippen molar-refractivity contribution in [2.45, 2.75) is 26.7 Å². The first kappa shape index (κ1) is 16.6. The van der Waals surface area contributed by atoms with Gasteiger partial charge in [-0.2, -0.15) is 0 Å². The predicted molar refractivity (Wildman–Crippen MR) is 108 cm³/mol. The summed E-state index contributed by atoms with van der Waals surface area (Å²) < 4.78 is 7.67. The van der Waals surface area contributed by atoms with Crippen molar-refractivity contribution >= 4 is 38.5 Å². The molecule has 3 aromatic carbocycles. The van der Waals surface area contributed by atoms with Gasteiger partial charge in [-0.15, -0.1) is 0 Å². The van der Waals surface area contributed by atoms with Crippen molar-refractivity contribution in [3.05, 3.63) is 59.7 Å². The van der Waals surface area contributed by atoms with Gasteiger partial charge in [0.2, 0.25) is 0 Å². The van der Waals surface area contributed by atoms with Crippen molar-refractivity contribution < 1.29 is 9.53 Å². The number of ether oxygens (including phenoxy) is 1. The van der Waals surface area contributed by atoms with Gasteiger partial charge >= 0.3 is 5.97 Å². The molecular weight excluding hydrogens is 322 g/mol. The Morgan fingerprint density at radius 1 is 1.08 bits per heavy atom. The average molecular weight is 345 g/mol. The summed E-state index contributed by atoms with van der Waals surface area (Å²) >= 11 is 0. The maximum absolute atomic E-state index is 12.8. The number of aryl methyl sites for hydroxylation is 2. The molecule has 0 bridgehead atoms. The second-order valence-corrected chi connectivity index (χ2v) is 6.94. The molecule has 132 valence electrons. The fraction of sp³-hybridized carbons (Fsp3) is 0.261. The minimum absolute atomic E-state index is 0.239. The van der Waals surface area contributed by atoms with Gasteiger partial charge in [-0.3, -0.25) is 0 Å². The maximum Gasteiger partial charge on any atom is 0.340 e. The smallest absolute Gasteiger partial charge is 0.340 e. The van der Waals surface area contributed by atoms with E-state index in [2.05, 4.69) is 48.7 Å². The highest BCUT2D eigenvalue weighted by molar-refractivity contribution is 6.25. The van der Waals surface area contributed by atoms with E-state index >= 15 is 0 Å². The van der Waals surface area contributed by atoms with Crippen LogP contribution >= 0.6 is 0 Å². The Morgan fingerprint density at radius 2 is 1.88 bits per heavy atom. The molecule has 4 aromatic rings. The summed E-state index contributed by atoms with van der Waals surface area (Å²) in [5, 5.41) is 4.54. The molecule has 0 atom stereocenters. The molecule has 26 heavy (non-hydrogen) atoms. The van der Waals surface area contributed by atoms with Crippen LogP contribution in [0, 0.1) is 6.92 Å². The number of carbonyl (C=O) groups is 1. The standard InChI is InChI=1S/C23H23NO2/c1-4-5-12-26-23(25)19-14-16-8-6-7-9-17(16)21-18-11-10-15(2)13-20(18)24(3)22(19)21/h6-11,13-14H,4-5,12H2,1-3H3. The molecule has 3 heteroatoms. The zero-order chi connectivity index (χ0) is 18.3. The van der Waals surface area contributed by atoms with E-state index in [-0.39, 0.29) is 5.97 Å². The van der Waals surface area contributed by atoms with Crippen LogP contribution < -0.4 is 0 Å². The van der Waals surface area contributed by atoms with Gasteiger partial charge in [-0.05, 0) is 41.8 Å². The molecule has 0 fully saturated rings. The van der Waals surface area contributed by atoms with E-state index in [1.54, 1.807) is 0 Å². The predicted octanol–water partition coefficient (Wildman–Crippen LogP) is 5.75. The third kappa shape index (κ3) is 2.55. The molecule has 0 saturated heterocycles. The maximum atomic E-state index is 12.8. The van der Waals surface area contributed by atoms with E-state index in [1.165, 1.54) is 16.3 Å². The van der Waals surface area contributed by atoms with Crippen LogP contribution in [-0.2, 0) is 11.8 Å². The van der Waals surface area contributed by atoms with Gasteiger partial charge in [-0.1, -0.05) is 49.7 Å². The summed E-state index contributed by atoms with van der Waals surface area (Å²) in [5.74, 6) is -0.239. The Balaban J connectivity index is 2.07. The number of hydrogen-bond acceptors (Lipinski definition) is 2. The second kappa shape index (κ2) is 6.49. The summed E-state index contributed by atoms with van der Waals surface area (Å²) in [6.45, 7) is 4.65. The molecule has 0 amide bonds. The summed E-state index contributed by atoms with van der Waals surface area (Å²) in [7, 11) is 2.03. The van der Waals surface area contributed by atoms with Crippen molar-refractivity contribution in [3.63, 3.8) is 0 Å². The lowest BCUT2D eigenvalue weighted by Gasteiger charge is -2.10. The normalized spacial score (nSPS) is 11.5. The molecule has 1 heterocycles. The average Bonchev–Trinajstić information content (AvgIpc) is 2.94. The first-order valence-corrected chi connectivity index (χ1v) is 9.19. The van der Waals surface area contributed by atoms with Crippen LogP contribution in [-0.4, -0.2) is 17.1 Å². The third-order valence-corrected chi connectivity index (χ3v) is 5.09. The molecule has 0 N–H and O–H groups in total. The highest BCUT2D eigenvalue weighted by Crippen LogP contribution is 2.37. The van der Waals surface area contributed by atoms with Crippen LogP contribution in [0.2, 0.25) is 0 Å². The third-order valence-electron chi connectivity index (χ3n) is 5.09. The van der Waals surface area contributed by atoms with Gasteiger partial charge in [-0.25, -0.2) is 4.79 Å². The zero-order valence-corrected chi connectivity index (χ0v) is 15.5. The molecular formula is C23H23NO2. The first-order valence-electron chi connectivity index (χ1n) is 9.19. The van der Waals surface area contributed by atoms with E-state index in [0.29, 0.717) is 12.2 Å². The number of benzene rings is 3. The number of esters is 1. The number of hydrogen-bond donors (Lipinski definition) is 0. The van der Waals surface area contributed by atoms with Gasteiger partial charge in [0.1, 0.15) is 0 Å². The second-order valence-electron chi connectivity index (χ2n) is 6.94. The van der Waals surface area contributed by atoms with Crippen LogP contribution in [0.5, 0.6) is 0 Å². The number of aromatic nitrogens is 1. The van der Waals surface area contributed by atoms with Crippen molar-refractivity contribution in [1.82, 2.24) is 4.57 Å². The summed E-state index contributed by atoms with van der Waals surface area (Å²) in [5.41, 5.74) is 3.94. The molecule has 1 aromatic heterocycles. The fourth-order valence-electron chi connectivity index (χ4n) is 3.75. The quantitative estimate of drug-likeness (QED) is 0.348.